The highest BCUT2D eigenvalue weighted by molar-refractivity contribution is 5.94. The Balaban J connectivity index is 0.000000223. The zero-order valence-corrected chi connectivity index (χ0v) is 13.9. The lowest BCUT2D eigenvalue weighted by atomic mass is 10.1. The standard InChI is InChI=1S/C11H10O6.C8H6O/c1-7(12)16-6-17-11(15)9-4-2-3-8(5-9)10(13)14;1-2-4-8-7(3-1)5-6-9-8/h2-5H,6H2,1H3,(H,13,14);1-6H. The van der Waals surface area contributed by atoms with Crippen LogP contribution in [0.25, 0.3) is 11.0 Å². The maximum atomic E-state index is 11.4. The van der Waals surface area contributed by atoms with Gasteiger partial charge in [-0.3, -0.25) is 4.79 Å². The maximum absolute atomic E-state index is 11.4. The van der Waals surface area contributed by atoms with Crippen LogP contribution in [0.15, 0.2) is 65.3 Å². The van der Waals surface area contributed by atoms with Crippen molar-refractivity contribution in [3.05, 3.63) is 72.0 Å². The highest BCUT2D eigenvalue weighted by Gasteiger charge is 2.10. The van der Waals surface area contributed by atoms with Gasteiger partial charge in [-0.1, -0.05) is 24.3 Å². The van der Waals surface area contributed by atoms with Crippen molar-refractivity contribution in [2.75, 3.05) is 6.79 Å². The van der Waals surface area contributed by atoms with Crippen LogP contribution in [0.5, 0.6) is 0 Å². The predicted molar refractivity (Wildman–Crippen MR) is 91.7 cm³/mol. The van der Waals surface area contributed by atoms with Gasteiger partial charge in [-0.25, -0.2) is 9.59 Å². The SMILES string of the molecule is CC(=O)OCOC(=O)c1cccc(C(=O)O)c1.c1ccc2occc2c1. The normalized spacial score (nSPS) is 9.73. The molecule has 1 aromatic heterocycles. The molecule has 3 aromatic rings. The molecule has 7 nitrogen and oxygen atoms in total. The fourth-order valence-electron chi connectivity index (χ4n) is 1.93. The number of fused-ring (bicyclic) bond motifs is 1. The molecule has 3 rings (SSSR count). The summed E-state index contributed by atoms with van der Waals surface area (Å²) in [7, 11) is 0. The van der Waals surface area contributed by atoms with Gasteiger partial charge in [0, 0.05) is 12.3 Å². The number of aromatic carboxylic acids is 1. The van der Waals surface area contributed by atoms with Crippen molar-refractivity contribution in [2.24, 2.45) is 0 Å². The van der Waals surface area contributed by atoms with E-state index >= 15 is 0 Å². The number of carbonyl (C=O) groups is 3. The molecule has 0 aliphatic heterocycles. The van der Waals surface area contributed by atoms with Crippen LogP contribution in [0, 0.1) is 0 Å². The summed E-state index contributed by atoms with van der Waals surface area (Å²) in [6, 6.07) is 15.3. The number of hydrogen-bond acceptors (Lipinski definition) is 6. The zero-order chi connectivity index (χ0) is 18.9. The van der Waals surface area contributed by atoms with Crippen molar-refractivity contribution in [3.63, 3.8) is 0 Å². The first kappa shape index (κ1) is 18.7. The van der Waals surface area contributed by atoms with Crippen molar-refractivity contribution in [3.8, 4) is 0 Å². The minimum Gasteiger partial charge on any atom is -0.478 e. The van der Waals surface area contributed by atoms with E-state index in [-0.39, 0.29) is 11.1 Å². The van der Waals surface area contributed by atoms with Gasteiger partial charge in [0.2, 0.25) is 6.79 Å². The molecule has 0 amide bonds. The van der Waals surface area contributed by atoms with E-state index in [0.29, 0.717) is 0 Å². The third kappa shape index (κ3) is 5.48. The molecule has 0 saturated heterocycles. The van der Waals surface area contributed by atoms with E-state index in [1.54, 1.807) is 6.26 Å². The van der Waals surface area contributed by atoms with Crippen LogP contribution in [0.1, 0.15) is 27.6 Å². The van der Waals surface area contributed by atoms with E-state index in [1.165, 1.54) is 31.2 Å². The molecule has 0 unspecified atom stereocenters. The molecular weight excluding hydrogens is 340 g/mol. The summed E-state index contributed by atoms with van der Waals surface area (Å²) in [5.74, 6) is -2.47. The highest BCUT2D eigenvalue weighted by atomic mass is 16.7. The molecule has 0 radical (unpaired) electrons. The molecule has 0 aliphatic carbocycles. The lowest BCUT2D eigenvalue weighted by molar-refractivity contribution is -0.149. The molecule has 26 heavy (non-hydrogen) atoms. The van der Waals surface area contributed by atoms with Crippen LogP contribution < -0.4 is 0 Å². The van der Waals surface area contributed by atoms with E-state index in [2.05, 4.69) is 9.47 Å². The van der Waals surface area contributed by atoms with Gasteiger partial charge in [-0.15, -0.1) is 0 Å². The maximum Gasteiger partial charge on any atom is 0.341 e. The first-order valence-electron chi connectivity index (χ1n) is 7.53. The number of carbonyl (C=O) groups excluding carboxylic acids is 2. The first-order chi connectivity index (χ1) is 12.5. The first-order valence-corrected chi connectivity index (χ1v) is 7.53. The van der Waals surface area contributed by atoms with E-state index < -0.39 is 24.7 Å². The minimum absolute atomic E-state index is 0.0214. The lowest BCUT2D eigenvalue weighted by Gasteiger charge is -2.04. The zero-order valence-electron chi connectivity index (χ0n) is 13.9. The smallest absolute Gasteiger partial charge is 0.341 e. The van der Waals surface area contributed by atoms with Crippen LogP contribution in [-0.2, 0) is 14.3 Å². The molecular formula is C19H16O7. The Morgan fingerprint density at radius 3 is 2.38 bits per heavy atom. The van der Waals surface area contributed by atoms with E-state index in [1.807, 2.05) is 30.3 Å². The van der Waals surface area contributed by atoms with Gasteiger partial charge < -0.3 is 19.0 Å². The number of benzene rings is 2. The van der Waals surface area contributed by atoms with Gasteiger partial charge in [0.25, 0.3) is 0 Å². The molecule has 0 aliphatic rings. The second-order valence-corrected chi connectivity index (χ2v) is 5.03. The van der Waals surface area contributed by atoms with Crippen molar-refractivity contribution in [2.45, 2.75) is 6.92 Å². The molecule has 1 N–H and O–H groups in total. The predicted octanol–water partition coefficient (Wildman–Crippen LogP) is 3.50. The molecule has 2 aromatic carbocycles. The van der Waals surface area contributed by atoms with Crippen LogP contribution in [0.3, 0.4) is 0 Å². The van der Waals surface area contributed by atoms with Crippen LogP contribution >= 0.6 is 0 Å². The number of esters is 2. The Labute approximate surface area is 148 Å². The third-order valence-electron chi connectivity index (χ3n) is 3.16. The number of ether oxygens (including phenoxy) is 2. The van der Waals surface area contributed by atoms with Crippen molar-refractivity contribution < 1.29 is 33.4 Å². The number of carboxylic acid groups (broad SMARTS) is 1. The van der Waals surface area contributed by atoms with Crippen molar-refractivity contribution >= 4 is 28.9 Å². The van der Waals surface area contributed by atoms with Gasteiger partial charge in [0.05, 0.1) is 17.4 Å². The van der Waals surface area contributed by atoms with E-state index in [4.69, 9.17) is 9.52 Å². The van der Waals surface area contributed by atoms with E-state index in [9.17, 15) is 14.4 Å². The Kier molecular flexibility index (Phi) is 6.50. The summed E-state index contributed by atoms with van der Waals surface area (Å²) in [5.41, 5.74) is 1.02. The molecule has 0 bridgehead atoms. The quantitative estimate of drug-likeness (QED) is 0.564. The molecule has 0 saturated carbocycles. The largest absolute Gasteiger partial charge is 0.478 e. The van der Waals surface area contributed by atoms with Crippen molar-refractivity contribution in [1.29, 1.82) is 0 Å². The molecule has 134 valence electrons. The van der Waals surface area contributed by atoms with Crippen LogP contribution in [0.4, 0.5) is 0 Å². The Hall–Kier alpha value is -3.61. The molecule has 0 atom stereocenters. The highest BCUT2D eigenvalue weighted by Crippen LogP contribution is 2.12. The molecule has 1 heterocycles. The topological polar surface area (TPSA) is 103 Å². The molecule has 0 fully saturated rings. The number of carboxylic acids is 1. The van der Waals surface area contributed by atoms with Gasteiger partial charge in [0.15, 0.2) is 0 Å². The fraction of sp³-hybridized carbons (Fsp3) is 0.105. The third-order valence-corrected chi connectivity index (χ3v) is 3.16. The average molecular weight is 356 g/mol. The summed E-state index contributed by atoms with van der Waals surface area (Å²) < 4.78 is 14.1. The van der Waals surface area contributed by atoms with Gasteiger partial charge in [-0.05, 0) is 30.3 Å². The fourth-order valence-corrected chi connectivity index (χ4v) is 1.93. The second-order valence-electron chi connectivity index (χ2n) is 5.03. The van der Waals surface area contributed by atoms with E-state index in [0.717, 1.165) is 11.0 Å². The second kappa shape index (κ2) is 9.03. The summed E-state index contributed by atoms with van der Waals surface area (Å²) in [6.45, 7) is 0.685. The van der Waals surface area contributed by atoms with Gasteiger partial charge >= 0.3 is 17.9 Å². The summed E-state index contributed by atoms with van der Waals surface area (Å²) in [4.78, 5) is 32.5. The Bertz CT molecular complexity index is 881. The number of furan rings is 1. The number of para-hydroxylation sites is 1. The van der Waals surface area contributed by atoms with Crippen LogP contribution in [0.2, 0.25) is 0 Å². The number of rotatable bonds is 4. The Morgan fingerprint density at radius 1 is 0.962 bits per heavy atom. The van der Waals surface area contributed by atoms with Gasteiger partial charge in [0.1, 0.15) is 5.58 Å². The minimum atomic E-state index is -1.14. The summed E-state index contributed by atoms with van der Waals surface area (Å²) in [5, 5.41) is 9.88. The summed E-state index contributed by atoms with van der Waals surface area (Å²) >= 11 is 0. The average Bonchev–Trinajstić information content (AvgIpc) is 3.10. The van der Waals surface area contributed by atoms with Crippen LogP contribution in [-0.4, -0.2) is 29.8 Å². The monoisotopic (exact) mass is 356 g/mol. The van der Waals surface area contributed by atoms with Gasteiger partial charge in [-0.2, -0.15) is 0 Å². The molecule has 7 heteroatoms. The summed E-state index contributed by atoms with van der Waals surface area (Å²) in [6.07, 6.45) is 1.70. The van der Waals surface area contributed by atoms with Crippen molar-refractivity contribution in [1.82, 2.24) is 0 Å². The number of hydrogen-bond donors (Lipinski definition) is 1. The Morgan fingerprint density at radius 2 is 1.69 bits per heavy atom. The molecule has 0 spiro atoms. The lowest BCUT2D eigenvalue weighted by Crippen LogP contribution is -2.11.